The number of nitrogens with zero attached hydrogens (tertiary/aromatic N) is 3. The van der Waals surface area contributed by atoms with E-state index in [2.05, 4.69) is 9.59 Å². The number of carbonyl (C=O) groups excluding carboxylic acids is 2. The maximum absolute atomic E-state index is 12.0. The predicted molar refractivity (Wildman–Crippen MR) is 60.6 cm³/mol. The minimum absolute atomic E-state index is 0.103. The van der Waals surface area contributed by atoms with Crippen LogP contribution in [0.15, 0.2) is 6.20 Å². The van der Waals surface area contributed by atoms with E-state index in [-0.39, 0.29) is 17.8 Å². The molecule has 7 heteroatoms. The summed E-state index contributed by atoms with van der Waals surface area (Å²) < 4.78 is 8.37. The number of esters is 1. The Balaban J connectivity index is 2.02. The lowest BCUT2D eigenvalue weighted by Crippen LogP contribution is -2.42. The molecule has 0 aromatic carbocycles. The second-order valence-corrected chi connectivity index (χ2v) is 4.68. The molecule has 1 unspecified atom stereocenters. The molecule has 1 atom stereocenters. The Morgan fingerprint density at radius 1 is 1.59 bits per heavy atom. The van der Waals surface area contributed by atoms with Gasteiger partial charge in [-0.15, -0.1) is 5.10 Å². The first kappa shape index (κ1) is 12.0. The van der Waals surface area contributed by atoms with Crippen LogP contribution in [0, 0.1) is 5.92 Å². The second-order valence-electron chi connectivity index (χ2n) is 3.90. The number of likely N-dealkylation sites (tertiary alicyclic amines) is 1. The molecule has 6 nitrogen and oxygen atoms in total. The van der Waals surface area contributed by atoms with Gasteiger partial charge >= 0.3 is 5.97 Å². The zero-order chi connectivity index (χ0) is 12.3. The van der Waals surface area contributed by atoms with E-state index in [9.17, 15) is 9.59 Å². The van der Waals surface area contributed by atoms with E-state index in [0.717, 1.165) is 24.4 Å². The summed E-state index contributed by atoms with van der Waals surface area (Å²) in [4.78, 5) is 25.6. The number of aromatic nitrogens is 2. The van der Waals surface area contributed by atoms with Gasteiger partial charge in [0.15, 0.2) is 0 Å². The summed E-state index contributed by atoms with van der Waals surface area (Å²) in [5.41, 5.74) is 0. The first-order valence-corrected chi connectivity index (χ1v) is 6.14. The zero-order valence-corrected chi connectivity index (χ0v) is 10.3. The number of amides is 1. The first-order valence-electron chi connectivity index (χ1n) is 5.37. The number of hydrogen-bond donors (Lipinski definition) is 0. The van der Waals surface area contributed by atoms with Gasteiger partial charge in [-0.05, 0) is 24.4 Å². The highest BCUT2D eigenvalue weighted by Crippen LogP contribution is 2.20. The van der Waals surface area contributed by atoms with Gasteiger partial charge in [0.05, 0.1) is 19.2 Å². The van der Waals surface area contributed by atoms with Gasteiger partial charge in [0.25, 0.3) is 5.91 Å². The Hall–Kier alpha value is -1.50. The standard InChI is InChI=1S/C10H13N3O3S/c1-16-10(15)7-3-2-4-13(6-7)9(14)8-5-11-12-17-8/h5,7H,2-4,6H2,1H3. The quantitative estimate of drug-likeness (QED) is 0.722. The molecule has 0 bridgehead atoms. The topological polar surface area (TPSA) is 72.4 Å². The fraction of sp³-hybridized carbons (Fsp3) is 0.600. The number of methoxy groups -OCH3 is 1. The van der Waals surface area contributed by atoms with E-state index in [4.69, 9.17) is 4.74 Å². The van der Waals surface area contributed by atoms with E-state index < -0.39 is 0 Å². The van der Waals surface area contributed by atoms with Crippen LogP contribution in [0.3, 0.4) is 0 Å². The van der Waals surface area contributed by atoms with E-state index in [1.807, 2.05) is 0 Å². The molecular weight excluding hydrogens is 242 g/mol. The van der Waals surface area contributed by atoms with Crippen LogP contribution in [0.4, 0.5) is 0 Å². The van der Waals surface area contributed by atoms with Gasteiger partial charge < -0.3 is 9.64 Å². The zero-order valence-electron chi connectivity index (χ0n) is 9.46. The highest BCUT2D eigenvalue weighted by molar-refractivity contribution is 7.07. The molecule has 92 valence electrons. The molecule has 1 aliphatic heterocycles. The molecule has 2 rings (SSSR count). The Morgan fingerprint density at radius 2 is 2.41 bits per heavy atom. The summed E-state index contributed by atoms with van der Waals surface area (Å²) in [6, 6.07) is 0. The monoisotopic (exact) mass is 255 g/mol. The van der Waals surface area contributed by atoms with Gasteiger partial charge in [-0.2, -0.15) is 0 Å². The van der Waals surface area contributed by atoms with Gasteiger partial charge in [0, 0.05) is 13.1 Å². The largest absolute Gasteiger partial charge is 0.469 e. The van der Waals surface area contributed by atoms with E-state index >= 15 is 0 Å². The van der Waals surface area contributed by atoms with Crippen LogP contribution in [0.5, 0.6) is 0 Å². The molecule has 17 heavy (non-hydrogen) atoms. The predicted octanol–water partition coefficient (Wildman–Crippen LogP) is 0.563. The van der Waals surface area contributed by atoms with E-state index in [1.165, 1.54) is 13.3 Å². The Bertz CT molecular complexity index is 407. The number of piperidine rings is 1. The summed E-state index contributed by atoms with van der Waals surface area (Å²) in [5.74, 6) is -0.558. The lowest BCUT2D eigenvalue weighted by molar-refractivity contribution is -0.146. The highest BCUT2D eigenvalue weighted by Gasteiger charge is 2.30. The third kappa shape index (κ3) is 2.60. The van der Waals surface area contributed by atoms with Crippen molar-refractivity contribution in [2.24, 2.45) is 5.92 Å². The van der Waals surface area contributed by atoms with Crippen LogP contribution in [0.25, 0.3) is 0 Å². The molecule has 1 amide bonds. The molecule has 1 aromatic rings. The van der Waals surface area contributed by atoms with Gasteiger partial charge in [0.2, 0.25) is 0 Å². The van der Waals surface area contributed by atoms with Crippen LogP contribution < -0.4 is 0 Å². The maximum Gasteiger partial charge on any atom is 0.310 e. The third-order valence-electron chi connectivity index (χ3n) is 2.82. The average molecular weight is 255 g/mol. The number of hydrogen-bond acceptors (Lipinski definition) is 6. The van der Waals surface area contributed by atoms with Crippen molar-refractivity contribution < 1.29 is 14.3 Å². The van der Waals surface area contributed by atoms with Gasteiger partial charge in [-0.25, -0.2) is 0 Å². The SMILES string of the molecule is COC(=O)C1CCCN(C(=O)c2cnns2)C1. The Kier molecular flexibility index (Phi) is 3.68. The smallest absolute Gasteiger partial charge is 0.310 e. The summed E-state index contributed by atoms with van der Waals surface area (Å²) in [7, 11) is 1.37. The molecule has 0 saturated carbocycles. The van der Waals surface area contributed by atoms with Gasteiger partial charge in [0.1, 0.15) is 4.88 Å². The lowest BCUT2D eigenvalue weighted by Gasteiger charge is -2.30. The van der Waals surface area contributed by atoms with Crippen molar-refractivity contribution in [2.45, 2.75) is 12.8 Å². The van der Waals surface area contributed by atoms with E-state index in [0.29, 0.717) is 18.0 Å². The minimum Gasteiger partial charge on any atom is -0.469 e. The third-order valence-corrected chi connectivity index (χ3v) is 3.47. The van der Waals surface area contributed by atoms with Crippen molar-refractivity contribution in [1.82, 2.24) is 14.5 Å². The Labute approximate surface area is 103 Å². The molecule has 2 heterocycles. The molecule has 0 spiro atoms. The fourth-order valence-corrected chi connectivity index (χ4v) is 2.42. The van der Waals surface area contributed by atoms with Crippen LogP contribution in [0.1, 0.15) is 22.5 Å². The van der Waals surface area contributed by atoms with Crippen molar-refractivity contribution in [3.63, 3.8) is 0 Å². The molecule has 0 radical (unpaired) electrons. The van der Waals surface area contributed by atoms with Crippen molar-refractivity contribution in [3.8, 4) is 0 Å². The van der Waals surface area contributed by atoms with Crippen molar-refractivity contribution >= 4 is 23.4 Å². The van der Waals surface area contributed by atoms with Crippen molar-refractivity contribution in [1.29, 1.82) is 0 Å². The molecule has 1 saturated heterocycles. The molecule has 1 aromatic heterocycles. The molecule has 1 aliphatic rings. The summed E-state index contributed by atoms with van der Waals surface area (Å²) in [6.45, 7) is 1.09. The van der Waals surface area contributed by atoms with Crippen LogP contribution in [-0.4, -0.2) is 46.6 Å². The maximum atomic E-state index is 12.0. The van der Waals surface area contributed by atoms with Gasteiger partial charge in [-0.1, -0.05) is 4.49 Å². The van der Waals surface area contributed by atoms with Crippen LogP contribution in [-0.2, 0) is 9.53 Å². The number of rotatable bonds is 2. The molecular formula is C10H13N3O3S. The minimum atomic E-state index is -0.245. The number of carbonyl (C=O) groups is 2. The van der Waals surface area contributed by atoms with Gasteiger partial charge in [-0.3, -0.25) is 9.59 Å². The molecule has 1 fully saturated rings. The summed E-state index contributed by atoms with van der Waals surface area (Å²) in [6.07, 6.45) is 3.05. The summed E-state index contributed by atoms with van der Waals surface area (Å²) in [5, 5.41) is 3.64. The normalized spacial score (nSPS) is 20.1. The van der Waals surface area contributed by atoms with E-state index in [1.54, 1.807) is 4.90 Å². The lowest BCUT2D eigenvalue weighted by atomic mass is 9.98. The summed E-state index contributed by atoms with van der Waals surface area (Å²) >= 11 is 1.07. The fourth-order valence-electron chi connectivity index (χ4n) is 1.94. The Morgan fingerprint density at radius 3 is 3.06 bits per heavy atom. The van der Waals surface area contributed by atoms with Crippen molar-refractivity contribution in [3.05, 3.63) is 11.1 Å². The highest BCUT2D eigenvalue weighted by atomic mass is 32.1. The van der Waals surface area contributed by atoms with Crippen molar-refractivity contribution in [2.75, 3.05) is 20.2 Å². The average Bonchev–Trinajstić information content (AvgIpc) is 2.91. The second kappa shape index (κ2) is 5.22. The molecule has 0 N–H and O–H groups in total. The molecule has 0 aliphatic carbocycles. The first-order chi connectivity index (χ1) is 8.22. The van der Waals surface area contributed by atoms with Crippen LogP contribution >= 0.6 is 11.5 Å². The number of ether oxygens (including phenoxy) is 1. The van der Waals surface area contributed by atoms with Crippen LogP contribution in [0.2, 0.25) is 0 Å².